The Bertz CT molecular complexity index is 1170. The molecule has 0 radical (unpaired) electrons. The van der Waals surface area contributed by atoms with E-state index in [1.165, 1.54) is 12.1 Å². The second kappa shape index (κ2) is 9.20. The normalized spacial score (nSPS) is 18.1. The highest BCUT2D eigenvalue weighted by atomic mass is 19.1. The third kappa shape index (κ3) is 4.17. The Morgan fingerprint density at radius 2 is 1.88 bits per heavy atom. The number of nitrogens with zero attached hydrogens (tertiary/aromatic N) is 4. The van der Waals surface area contributed by atoms with Crippen LogP contribution in [0.1, 0.15) is 45.5 Å². The molecule has 1 saturated heterocycles. The van der Waals surface area contributed by atoms with E-state index in [1.807, 2.05) is 36.9 Å². The van der Waals surface area contributed by atoms with Gasteiger partial charge in [-0.1, -0.05) is 19.1 Å². The Hall–Kier alpha value is -3.06. The molecule has 2 heterocycles. The maximum Gasteiger partial charge on any atom is 0.266 e. The van der Waals surface area contributed by atoms with Crippen molar-refractivity contribution < 1.29 is 9.18 Å². The summed E-state index contributed by atoms with van der Waals surface area (Å²) in [5.74, 6) is 0.451. The van der Waals surface area contributed by atoms with Gasteiger partial charge in [-0.2, -0.15) is 0 Å². The van der Waals surface area contributed by atoms with E-state index in [2.05, 4.69) is 11.8 Å². The topological polar surface area (TPSA) is 58.4 Å². The van der Waals surface area contributed by atoms with Crippen LogP contribution in [0.4, 0.5) is 4.39 Å². The number of carbonyl (C=O) groups is 1. The number of fused-ring (bicyclic) bond motifs is 1. The summed E-state index contributed by atoms with van der Waals surface area (Å²) in [7, 11) is 0. The first kappa shape index (κ1) is 22.1. The number of piperazine rings is 1. The van der Waals surface area contributed by atoms with Crippen molar-refractivity contribution in [2.24, 2.45) is 0 Å². The fourth-order valence-corrected chi connectivity index (χ4v) is 4.50. The molecule has 32 heavy (non-hydrogen) atoms. The molecule has 7 heteroatoms. The van der Waals surface area contributed by atoms with Crippen LogP contribution in [0.3, 0.4) is 0 Å². The van der Waals surface area contributed by atoms with Gasteiger partial charge in [0.2, 0.25) is 5.91 Å². The number of aromatic nitrogens is 2. The van der Waals surface area contributed by atoms with Crippen molar-refractivity contribution in [3.05, 3.63) is 70.5 Å². The quantitative estimate of drug-likeness (QED) is 0.608. The number of hydrogen-bond donors (Lipinski definition) is 0. The highest BCUT2D eigenvalue weighted by Gasteiger charge is 2.31. The molecular weight excluding hydrogens is 407 g/mol. The molecule has 0 saturated carbocycles. The molecule has 0 bridgehead atoms. The Morgan fingerprint density at radius 3 is 2.56 bits per heavy atom. The first-order valence-corrected chi connectivity index (χ1v) is 11.2. The lowest BCUT2D eigenvalue weighted by Gasteiger charge is -2.42. The molecule has 0 spiro atoms. The Balaban J connectivity index is 1.73. The zero-order valence-corrected chi connectivity index (χ0v) is 18.8. The Labute approximate surface area is 187 Å². The lowest BCUT2D eigenvalue weighted by molar-refractivity contribution is -0.136. The number of hydrogen-bond acceptors (Lipinski definition) is 4. The van der Waals surface area contributed by atoms with Crippen LogP contribution in [0.15, 0.2) is 53.3 Å². The standard InChI is InChI=1S/C25H29FN4O2/c1-4-7-23(31)29-15-14-28(16-17(29)2)18(3)24-27-22-9-6-5-8-21(22)25(32)30(24)20-12-10-19(26)11-13-20/h5-6,8-13,17-18H,4,7,14-16H2,1-3H3. The molecule has 0 aliphatic carbocycles. The van der Waals surface area contributed by atoms with E-state index in [4.69, 9.17) is 4.98 Å². The zero-order valence-electron chi connectivity index (χ0n) is 18.8. The van der Waals surface area contributed by atoms with Crippen molar-refractivity contribution in [2.75, 3.05) is 19.6 Å². The predicted octanol–water partition coefficient (Wildman–Crippen LogP) is 3.92. The van der Waals surface area contributed by atoms with E-state index in [-0.39, 0.29) is 29.4 Å². The van der Waals surface area contributed by atoms with Crippen LogP contribution in [0.25, 0.3) is 16.6 Å². The van der Waals surface area contributed by atoms with E-state index in [9.17, 15) is 14.0 Å². The molecule has 2 atom stereocenters. The van der Waals surface area contributed by atoms with Crippen molar-refractivity contribution in [3.63, 3.8) is 0 Å². The lowest BCUT2D eigenvalue weighted by atomic mass is 10.1. The van der Waals surface area contributed by atoms with Gasteiger partial charge in [-0.05, 0) is 56.7 Å². The first-order chi connectivity index (χ1) is 15.4. The van der Waals surface area contributed by atoms with Crippen LogP contribution < -0.4 is 5.56 Å². The Morgan fingerprint density at radius 1 is 1.16 bits per heavy atom. The third-order valence-corrected chi connectivity index (χ3v) is 6.25. The summed E-state index contributed by atoms with van der Waals surface area (Å²) in [6.07, 6.45) is 1.41. The minimum Gasteiger partial charge on any atom is -0.337 e. The summed E-state index contributed by atoms with van der Waals surface area (Å²) in [6.45, 7) is 8.16. The van der Waals surface area contributed by atoms with Gasteiger partial charge in [-0.25, -0.2) is 9.37 Å². The van der Waals surface area contributed by atoms with Crippen molar-refractivity contribution in [1.29, 1.82) is 0 Å². The van der Waals surface area contributed by atoms with Crippen molar-refractivity contribution in [2.45, 2.75) is 45.7 Å². The molecule has 1 aliphatic heterocycles. The van der Waals surface area contributed by atoms with Crippen molar-refractivity contribution in [1.82, 2.24) is 19.4 Å². The lowest BCUT2D eigenvalue weighted by Crippen LogP contribution is -2.54. The van der Waals surface area contributed by atoms with Crippen molar-refractivity contribution >= 4 is 16.8 Å². The number of benzene rings is 2. The molecule has 2 aromatic carbocycles. The number of rotatable bonds is 5. The van der Waals surface area contributed by atoms with Gasteiger partial charge in [0.25, 0.3) is 5.56 Å². The van der Waals surface area contributed by atoms with Gasteiger partial charge < -0.3 is 4.90 Å². The predicted molar refractivity (Wildman–Crippen MR) is 123 cm³/mol. The number of amides is 1. The molecule has 1 fully saturated rings. The highest BCUT2D eigenvalue weighted by Crippen LogP contribution is 2.25. The molecule has 4 rings (SSSR count). The van der Waals surface area contributed by atoms with Crippen LogP contribution in [0.5, 0.6) is 0 Å². The maximum atomic E-state index is 13.6. The van der Waals surface area contributed by atoms with E-state index < -0.39 is 0 Å². The number of carbonyl (C=O) groups excluding carboxylic acids is 1. The van der Waals surface area contributed by atoms with Crippen LogP contribution in [0, 0.1) is 5.82 Å². The summed E-state index contributed by atoms with van der Waals surface area (Å²) in [6, 6.07) is 13.1. The minimum atomic E-state index is -0.355. The number of halogens is 1. The Kier molecular flexibility index (Phi) is 6.37. The smallest absolute Gasteiger partial charge is 0.266 e. The fraction of sp³-hybridized carbons (Fsp3) is 0.400. The average Bonchev–Trinajstić information content (AvgIpc) is 2.79. The van der Waals surface area contributed by atoms with Gasteiger partial charge in [0, 0.05) is 32.1 Å². The largest absolute Gasteiger partial charge is 0.337 e. The molecule has 2 unspecified atom stereocenters. The van der Waals surface area contributed by atoms with Gasteiger partial charge >= 0.3 is 0 Å². The average molecular weight is 437 g/mol. The molecule has 3 aromatic rings. The molecule has 1 amide bonds. The summed E-state index contributed by atoms with van der Waals surface area (Å²) in [5.41, 5.74) is 1.05. The second-order valence-electron chi connectivity index (χ2n) is 8.46. The first-order valence-electron chi connectivity index (χ1n) is 11.2. The summed E-state index contributed by atoms with van der Waals surface area (Å²) in [4.78, 5) is 35.0. The SMILES string of the molecule is CCCC(=O)N1CCN(C(C)c2nc3ccccc3c(=O)n2-c2ccc(F)cc2)CC1C. The van der Waals surface area contributed by atoms with Gasteiger partial charge in [0.05, 0.1) is 22.6 Å². The maximum absolute atomic E-state index is 13.6. The highest BCUT2D eigenvalue weighted by molar-refractivity contribution is 5.78. The molecule has 1 aromatic heterocycles. The summed E-state index contributed by atoms with van der Waals surface area (Å²) in [5, 5.41) is 0.524. The van der Waals surface area contributed by atoms with Gasteiger partial charge in [-0.3, -0.25) is 19.1 Å². The van der Waals surface area contributed by atoms with Gasteiger partial charge in [0.15, 0.2) is 0 Å². The van der Waals surface area contributed by atoms with E-state index in [0.29, 0.717) is 48.5 Å². The molecular formula is C25H29FN4O2. The van der Waals surface area contributed by atoms with Gasteiger partial charge in [0.1, 0.15) is 11.6 Å². The van der Waals surface area contributed by atoms with Crippen molar-refractivity contribution in [3.8, 4) is 5.69 Å². The zero-order chi connectivity index (χ0) is 22.8. The van der Waals surface area contributed by atoms with Crippen LogP contribution in [-0.4, -0.2) is 50.9 Å². The van der Waals surface area contributed by atoms with Crippen LogP contribution >= 0.6 is 0 Å². The minimum absolute atomic E-state index is 0.0803. The summed E-state index contributed by atoms with van der Waals surface area (Å²) < 4.78 is 15.2. The monoisotopic (exact) mass is 436 g/mol. The molecule has 1 aliphatic rings. The number of para-hydroxylation sites is 1. The van der Waals surface area contributed by atoms with Crippen LogP contribution in [0.2, 0.25) is 0 Å². The molecule has 0 N–H and O–H groups in total. The molecule has 168 valence electrons. The molecule has 6 nitrogen and oxygen atoms in total. The summed E-state index contributed by atoms with van der Waals surface area (Å²) >= 11 is 0. The third-order valence-electron chi connectivity index (χ3n) is 6.25. The van der Waals surface area contributed by atoms with E-state index in [0.717, 1.165) is 6.42 Å². The fourth-order valence-electron chi connectivity index (χ4n) is 4.50. The van der Waals surface area contributed by atoms with E-state index in [1.54, 1.807) is 22.8 Å². The second-order valence-corrected chi connectivity index (χ2v) is 8.46. The van der Waals surface area contributed by atoms with Crippen LogP contribution in [-0.2, 0) is 4.79 Å². The van der Waals surface area contributed by atoms with E-state index >= 15 is 0 Å². The van der Waals surface area contributed by atoms with Gasteiger partial charge in [-0.15, -0.1) is 0 Å².